The van der Waals surface area contributed by atoms with Gasteiger partial charge in [-0.05, 0) is 24.3 Å². The highest BCUT2D eigenvalue weighted by Gasteiger charge is 2.14. The minimum Gasteiger partial charge on any atom is -0.497 e. The molecule has 0 radical (unpaired) electrons. The lowest BCUT2D eigenvalue weighted by atomic mass is 10.2. The molecule has 0 atom stereocenters. The van der Waals surface area contributed by atoms with Crippen LogP contribution >= 0.6 is 11.3 Å². The van der Waals surface area contributed by atoms with E-state index >= 15 is 0 Å². The number of rotatable bonds is 4. The normalized spacial score (nSPS) is 10.8. The van der Waals surface area contributed by atoms with E-state index in [-0.39, 0.29) is 11.9 Å². The van der Waals surface area contributed by atoms with Crippen molar-refractivity contribution in [1.29, 1.82) is 0 Å². The van der Waals surface area contributed by atoms with Crippen molar-refractivity contribution >= 4 is 28.2 Å². The van der Waals surface area contributed by atoms with Gasteiger partial charge in [-0.25, -0.2) is 4.52 Å². The molecule has 7 heteroatoms. The average molecular weight is 350 g/mol. The molecule has 1 N–H and O–H groups in total. The number of ether oxygens (including phenoxy) is 1. The number of anilines is 1. The lowest BCUT2D eigenvalue weighted by molar-refractivity contribution is 0.102. The van der Waals surface area contributed by atoms with Gasteiger partial charge < -0.3 is 4.74 Å². The molecule has 25 heavy (non-hydrogen) atoms. The molecule has 0 spiro atoms. The molecule has 0 bridgehead atoms. The lowest BCUT2D eigenvalue weighted by Crippen LogP contribution is -2.12. The quantitative estimate of drug-likeness (QED) is 0.609. The Bertz CT molecular complexity index is 1040. The molecule has 0 saturated carbocycles. The fraction of sp³-hybridized carbons (Fsp3) is 0.0556. The Morgan fingerprint density at radius 1 is 1.16 bits per heavy atom. The summed E-state index contributed by atoms with van der Waals surface area (Å²) in [5.74, 6) is 0.821. The van der Waals surface area contributed by atoms with Crippen molar-refractivity contribution in [3.63, 3.8) is 0 Å². The monoisotopic (exact) mass is 350 g/mol. The topological polar surface area (TPSA) is 68.5 Å². The van der Waals surface area contributed by atoms with Crippen LogP contribution in [0.5, 0.6) is 5.75 Å². The molecule has 0 aliphatic rings. The maximum atomic E-state index is 12.2. The number of nitrogens with one attached hydrogen (secondary N) is 1. The number of thiazole rings is 1. The molecule has 4 aromatic rings. The van der Waals surface area contributed by atoms with E-state index in [2.05, 4.69) is 15.4 Å². The smallest absolute Gasteiger partial charge is 0.258 e. The minimum absolute atomic E-state index is 0.234. The molecule has 2 heterocycles. The van der Waals surface area contributed by atoms with Gasteiger partial charge in [0, 0.05) is 16.5 Å². The molecule has 2 aromatic heterocycles. The molecule has 0 unspecified atom stereocenters. The van der Waals surface area contributed by atoms with Crippen LogP contribution in [-0.2, 0) is 0 Å². The third-order valence-electron chi connectivity index (χ3n) is 3.71. The molecule has 124 valence electrons. The maximum Gasteiger partial charge on any atom is 0.258 e. The number of amides is 1. The summed E-state index contributed by atoms with van der Waals surface area (Å²) in [4.78, 5) is 17.3. The van der Waals surface area contributed by atoms with E-state index in [0.29, 0.717) is 10.5 Å². The molecule has 4 rings (SSSR count). The van der Waals surface area contributed by atoms with Gasteiger partial charge in [-0.2, -0.15) is 4.98 Å². The second-order valence-corrected chi connectivity index (χ2v) is 6.14. The van der Waals surface area contributed by atoms with Crippen LogP contribution in [0.2, 0.25) is 0 Å². The van der Waals surface area contributed by atoms with Gasteiger partial charge in [0.15, 0.2) is 0 Å². The van der Waals surface area contributed by atoms with Gasteiger partial charge in [-0.15, -0.1) is 16.4 Å². The van der Waals surface area contributed by atoms with E-state index in [4.69, 9.17) is 4.74 Å². The van der Waals surface area contributed by atoms with Crippen molar-refractivity contribution < 1.29 is 9.53 Å². The van der Waals surface area contributed by atoms with Gasteiger partial charge in [-0.1, -0.05) is 30.3 Å². The number of methoxy groups -OCH3 is 1. The summed E-state index contributed by atoms with van der Waals surface area (Å²) in [7, 11) is 1.63. The van der Waals surface area contributed by atoms with E-state index < -0.39 is 0 Å². The number of fused-ring (bicyclic) bond motifs is 1. The molecule has 1 amide bonds. The van der Waals surface area contributed by atoms with E-state index in [9.17, 15) is 4.79 Å². The van der Waals surface area contributed by atoms with Gasteiger partial charge >= 0.3 is 0 Å². The van der Waals surface area contributed by atoms with Crippen LogP contribution in [0.15, 0.2) is 60.0 Å². The first-order valence-corrected chi connectivity index (χ1v) is 8.47. The van der Waals surface area contributed by atoms with Crippen molar-refractivity contribution in [1.82, 2.24) is 14.6 Å². The highest BCUT2D eigenvalue weighted by Crippen LogP contribution is 2.28. The third-order valence-corrected chi connectivity index (χ3v) is 4.52. The van der Waals surface area contributed by atoms with Gasteiger partial charge in [0.1, 0.15) is 5.75 Å². The summed E-state index contributed by atoms with van der Waals surface area (Å²) in [6, 6.07) is 16.7. The molecular formula is C18H14N4O2S. The fourth-order valence-electron chi connectivity index (χ4n) is 2.48. The van der Waals surface area contributed by atoms with Crippen molar-refractivity contribution in [2.45, 2.75) is 0 Å². The van der Waals surface area contributed by atoms with Crippen LogP contribution in [0.1, 0.15) is 10.4 Å². The maximum absolute atomic E-state index is 12.2. The fourth-order valence-corrected chi connectivity index (χ4v) is 3.31. The van der Waals surface area contributed by atoms with Crippen LogP contribution in [0, 0.1) is 0 Å². The summed E-state index contributed by atoms with van der Waals surface area (Å²) in [6.45, 7) is 0. The molecular weight excluding hydrogens is 336 g/mol. The molecule has 0 saturated heterocycles. The highest BCUT2D eigenvalue weighted by atomic mass is 32.1. The molecule has 0 fully saturated rings. The van der Waals surface area contributed by atoms with E-state index in [0.717, 1.165) is 17.0 Å². The zero-order valence-corrected chi connectivity index (χ0v) is 14.2. The summed E-state index contributed by atoms with van der Waals surface area (Å²) in [5, 5.41) is 9.13. The molecule has 2 aromatic carbocycles. The molecule has 0 aliphatic carbocycles. The second-order valence-electron chi connectivity index (χ2n) is 5.30. The SMILES string of the molecule is COc1cccc(-c2csc3nc(NC(=O)c4ccccc4)nn23)c1. The Hall–Kier alpha value is -3.19. The van der Waals surface area contributed by atoms with Crippen molar-refractivity contribution in [2.75, 3.05) is 12.4 Å². The number of carbonyl (C=O) groups is 1. The van der Waals surface area contributed by atoms with Crippen LogP contribution in [0.4, 0.5) is 5.95 Å². The standard InChI is InChI=1S/C18H14N4O2S/c1-24-14-9-5-8-13(10-14)15-11-25-18-20-17(21-22(15)18)19-16(23)12-6-3-2-4-7-12/h2-11H,1H3,(H,19,21,23). The number of hydrogen-bond acceptors (Lipinski definition) is 5. The minimum atomic E-state index is -0.234. The Morgan fingerprint density at radius 3 is 2.80 bits per heavy atom. The zero-order chi connectivity index (χ0) is 17.2. The van der Waals surface area contributed by atoms with E-state index in [1.807, 2.05) is 47.8 Å². The largest absolute Gasteiger partial charge is 0.497 e. The van der Waals surface area contributed by atoms with Crippen LogP contribution in [0.3, 0.4) is 0 Å². The summed E-state index contributed by atoms with van der Waals surface area (Å²) < 4.78 is 7.00. The highest BCUT2D eigenvalue weighted by molar-refractivity contribution is 7.15. The number of nitrogens with zero attached hydrogens (tertiary/aromatic N) is 3. The summed E-state index contributed by atoms with van der Waals surface area (Å²) >= 11 is 1.46. The Morgan fingerprint density at radius 2 is 2.00 bits per heavy atom. The number of benzene rings is 2. The average Bonchev–Trinajstić information content (AvgIpc) is 3.22. The van der Waals surface area contributed by atoms with Crippen molar-refractivity contribution in [3.8, 4) is 17.0 Å². The Kier molecular flexibility index (Phi) is 3.91. The van der Waals surface area contributed by atoms with Gasteiger partial charge in [0.25, 0.3) is 11.9 Å². The first-order chi connectivity index (χ1) is 12.2. The van der Waals surface area contributed by atoms with Gasteiger partial charge in [0.2, 0.25) is 4.96 Å². The van der Waals surface area contributed by atoms with Gasteiger partial charge in [-0.3, -0.25) is 10.1 Å². The zero-order valence-electron chi connectivity index (χ0n) is 13.3. The lowest BCUT2D eigenvalue weighted by Gasteiger charge is -2.03. The van der Waals surface area contributed by atoms with Crippen LogP contribution in [-0.4, -0.2) is 27.6 Å². The Balaban J connectivity index is 1.65. The predicted molar refractivity (Wildman–Crippen MR) is 97.2 cm³/mol. The van der Waals surface area contributed by atoms with E-state index in [1.165, 1.54) is 11.3 Å². The van der Waals surface area contributed by atoms with Crippen molar-refractivity contribution in [3.05, 3.63) is 65.5 Å². The molecule has 6 nitrogen and oxygen atoms in total. The Labute approximate surface area is 147 Å². The summed E-state index contributed by atoms with van der Waals surface area (Å²) in [5.41, 5.74) is 2.43. The van der Waals surface area contributed by atoms with Crippen LogP contribution < -0.4 is 10.1 Å². The van der Waals surface area contributed by atoms with E-state index in [1.54, 1.807) is 23.8 Å². The third kappa shape index (κ3) is 2.97. The predicted octanol–water partition coefficient (Wildman–Crippen LogP) is 3.72. The number of aromatic nitrogens is 3. The molecule has 0 aliphatic heterocycles. The first-order valence-electron chi connectivity index (χ1n) is 7.60. The number of carbonyl (C=O) groups excluding carboxylic acids is 1. The summed E-state index contributed by atoms with van der Waals surface area (Å²) in [6.07, 6.45) is 0. The second kappa shape index (κ2) is 6.37. The number of hydrogen-bond donors (Lipinski definition) is 1. The van der Waals surface area contributed by atoms with Crippen molar-refractivity contribution in [2.24, 2.45) is 0 Å². The van der Waals surface area contributed by atoms with Crippen LogP contribution in [0.25, 0.3) is 16.2 Å². The van der Waals surface area contributed by atoms with Gasteiger partial charge in [0.05, 0.1) is 12.8 Å². The first kappa shape index (κ1) is 15.3.